The Bertz CT molecular complexity index is 579. The van der Waals surface area contributed by atoms with E-state index < -0.39 is 0 Å². The summed E-state index contributed by atoms with van der Waals surface area (Å²) in [5.41, 5.74) is 4.45. The minimum Gasteiger partial charge on any atom is -0.487 e. The smallest absolute Gasteiger partial charge is 0.144 e. The predicted molar refractivity (Wildman–Crippen MR) is 81.2 cm³/mol. The fourth-order valence-corrected chi connectivity index (χ4v) is 2.00. The fraction of sp³-hybridized carbons (Fsp3) is 0.375. The van der Waals surface area contributed by atoms with Crippen molar-refractivity contribution in [3.8, 4) is 5.75 Å². The van der Waals surface area contributed by atoms with Gasteiger partial charge >= 0.3 is 0 Å². The van der Waals surface area contributed by atoms with E-state index in [1.165, 1.54) is 16.7 Å². The van der Waals surface area contributed by atoms with Crippen molar-refractivity contribution in [2.45, 2.75) is 34.3 Å². The number of aromatic nitrogens is 2. The molecule has 0 atom stereocenters. The van der Waals surface area contributed by atoms with Crippen LogP contribution >= 0.6 is 0 Å². The monoisotopic (exact) mass is 271 g/mol. The van der Waals surface area contributed by atoms with Crippen molar-refractivity contribution in [2.75, 3.05) is 11.9 Å². The Morgan fingerprint density at radius 1 is 1.10 bits per heavy atom. The van der Waals surface area contributed by atoms with E-state index in [-0.39, 0.29) is 0 Å². The van der Waals surface area contributed by atoms with Crippen molar-refractivity contribution in [2.24, 2.45) is 0 Å². The van der Waals surface area contributed by atoms with Crippen molar-refractivity contribution < 1.29 is 4.74 Å². The Morgan fingerprint density at radius 3 is 2.55 bits per heavy atom. The van der Waals surface area contributed by atoms with Crippen LogP contribution in [-0.4, -0.2) is 16.5 Å². The Hall–Kier alpha value is -2.10. The molecule has 0 amide bonds. The van der Waals surface area contributed by atoms with E-state index in [4.69, 9.17) is 4.74 Å². The number of nitrogens with one attached hydrogen (secondary N) is 1. The number of rotatable bonds is 5. The quantitative estimate of drug-likeness (QED) is 0.905. The topological polar surface area (TPSA) is 47.0 Å². The normalized spacial score (nSPS) is 10.4. The second-order valence-electron chi connectivity index (χ2n) is 4.92. The predicted octanol–water partition coefficient (Wildman–Crippen LogP) is 3.41. The van der Waals surface area contributed by atoms with Crippen molar-refractivity contribution >= 4 is 5.82 Å². The molecule has 1 N–H and O–H groups in total. The van der Waals surface area contributed by atoms with E-state index in [0.717, 1.165) is 23.8 Å². The lowest BCUT2D eigenvalue weighted by Gasteiger charge is -2.12. The van der Waals surface area contributed by atoms with Crippen LogP contribution in [-0.2, 0) is 6.61 Å². The molecule has 4 heteroatoms. The second kappa shape index (κ2) is 6.37. The molecular formula is C16H21N3O. The van der Waals surface area contributed by atoms with Gasteiger partial charge in [-0.15, -0.1) is 0 Å². The van der Waals surface area contributed by atoms with Gasteiger partial charge in [-0.05, 0) is 50.5 Å². The maximum absolute atomic E-state index is 5.86. The molecule has 1 heterocycles. The molecular weight excluding hydrogens is 250 g/mol. The van der Waals surface area contributed by atoms with Crippen LogP contribution in [0.2, 0.25) is 0 Å². The maximum atomic E-state index is 5.86. The number of aryl methyl sites for hydroxylation is 2. The first-order chi connectivity index (χ1) is 9.60. The lowest BCUT2D eigenvalue weighted by molar-refractivity contribution is 0.298. The third kappa shape index (κ3) is 3.47. The van der Waals surface area contributed by atoms with Gasteiger partial charge in [0.1, 0.15) is 18.2 Å². The molecule has 2 rings (SSSR count). The highest BCUT2D eigenvalue weighted by Crippen LogP contribution is 2.23. The molecule has 0 radical (unpaired) electrons. The Labute approximate surface area is 120 Å². The number of benzene rings is 1. The fourth-order valence-electron chi connectivity index (χ4n) is 2.00. The average molecular weight is 271 g/mol. The highest BCUT2D eigenvalue weighted by atomic mass is 16.5. The number of anilines is 1. The molecule has 0 saturated carbocycles. The van der Waals surface area contributed by atoms with Gasteiger partial charge in [-0.2, -0.15) is 0 Å². The summed E-state index contributed by atoms with van der Waals surface area (Å²) in [5, 5.41) is 3.12. The molecule has 0 unspecified atom stereocenters. The van der Waals surface area contributed by atoms with Crippen LogP contribution in [0.4, 0.5) is 5.82 Å². The van der Waals surface area contributed by atoms with Crippen molar-refractivity contribution in [3.05, 3.63) is 46.9 Å². The molecule has 4 nitrogen and oxygen atoms in total. The molecule has 20 heavy (non-hydrogen) atoms. The zero-order valence-electron chi connectivity index (χ0n) is 12.5. The third-order valence-corrected chi connectivity index (χ3v) is 3.20. The van der Waals surface area contributed by atoms with Crippen LogP contribution < -0.4 is 10.1 Å². The van der Waals surface area contributed by atoms with Gasteiger partial charge in [0.05, 0.1) is 18.1 Å². The lowest BCUT2D eigenvalue weighted by Crippen LogP contribution is -2.04. The first-order valence-electron chi connectivity index (χ1n) is 6.85. The van der Waals surface area contributed by atoms with Gasteiger partial charge in [0.2, 0.25) is 0 Å². The average Bonchev–Trinajstić information content (AvgIpc) is 2.43. The summed E-state index contributed by atoms with van der Waals surface area (Å²) in [5.74, 6) is 1.71. The first kappa shape index (κ1) is 14.3. The van der Waals surface area contributed by atoms with Crippen LogP contribution in [0.3, 0.4) is 0 Å². The van der Waals surface area contributed by atoms with Gasteiger partial charge in [-0.3, -0.25) is 4.98 Å². The van der Waals surface area contributed by atoms with Crippen LogP contribution in [0, 0.1) is 20.8 Å². The van der Waals surface area contributed by atoms with E-state index in [1.54, 1.807) is 12.4 Å². The molecule has 1 aromatic carbocycles. The lowest BCUT2D eigenvalue weighted by atomic mass is 10.1. The van der Waals surface area contributed by atoms with E-state index in [1.807, 2.05) is 6.92 Å². The third-order valence-electron chi connectivity index (χ3n) is 3.20. The zero-order valence-corrected chi connectivity index (χ0v) is 12.5. The van der Waals surface area contributed by atoms with Gasteiger partial charge in [-0.1, -0.05) is 6.07 Å². The molecule has 106 valence electrons. The molecule has 0 fully saturated rings. The van der Waals surface area contributed by atoms with Crippen molar-refractivity contribution in [1.29, 1.82) is 0 Å². The van der Waals surface area contributed by atoms with E-state index in [0.29, 0.717) is 6.61 Å². The molecule has 0 bridgehead atoms. The second-order valence-corrected chi connectivity index (χ2v) is 4.92. The first-order valence-corrected chi connectivity index (χ1v) is 6.85. The standard InChI is InChI=1S/C16H21N3O/c1-5-17-16-9-18-14(8-19-16)10-20-15-7-11(2)6-12(3)13(15)4/h6-9H,5,10H2,1-4H3,(H,17,19). The SMILES string of the molecule is CCNc1cnc(COc2cc(C)cc(C)c2C)cn1. The van der Waals surface area contributed by atoms with Gasteiger partial charge in [-0.25, -0.2) is 4.98 Å². The van der Waals surface area contributed by atoms with E-state index >= 15 is 0 Å². The number of nitrogens with zero attached hydrogens (tertiary/aromatic N) is 2. The molecule has 0 aliphatic rings. The molecule has 1 aromatic heterocycles. The van der Waals surface area contributed by atoms with Gasteiger partial charge < -0.3 is 10.1 Å². The van der Waals surface area contributed by atoms with Crippen LogP contribution in [0.1, 0.15) is 29.3 Å². The van der Waals surface area contributed by atoms with Gasteiger partial charge in [0, 0.05) is 6.54 Å². The Morgan fingerprint density at radius 2 is 1.90 bits per heavy atom. The zero-order chi connectivity index (χ0) is 14.5. The maximum Gasteiger partial charge on any atom is 0.144 e. The summed E-state index contributed by atoms with van der Waals surface area (Å²) in [7, 11) is 0. The minimum absolute atomic E-state index is 0.434. The molecule has 0 aliphatic carbocycles. The summed E-state index contributed by atoms with van der Waals surface area (Å²) in [4.78, 5) is 8.62. The van der Waals surface area contributed by atoms with Crippen LogP contribution in [0.5, 0.6) is 5.75 Å². The minimum atomic E-state index is 0.434. The molecule has 2 aromatic rings. The van der Waals surface area contributed by atoms with Gasteiger partial charge in [0.25, 0.3) is 0 Å². The highest BCUT2D eigenvalue weighted by Gasteiger charge is 2.05. The van der Waals surface area contributed by atoms with E-state index in [2.05, 4.69) is 48.2 Å². The molecule has 0 saturated heterocycles. The van der Waals surface area contributed by atoms with Crippen molar-refractivity contribution in [1.82, 2.24) is 9.97 Å². The summed E-state index contributed by atoms with van der Waals surface area (Å²) in [6.07, 6.45) is 3.48. The Balaban J connectivity index is 2.05. The van der Waals surface area contributed by atoms with E-state index in [9.17, 15) is 0 Å². The number of ether oxygens (including phenoxy) is 1. The Kier molecular flexibility index (Phi) is 4.56. The summed E-state index contributed by atoms with van der Waals surface area (Å²) < 4.78 is 5.86. The number of hydrogen-bond acceptors (Lipinski definition) is 4. The summed E-state index contributed by atoms with van der Waals surface area (Å²) in [6, 6.07) is 4.22. The van der Waals surface area contributed by atoms with Crippen molar-refractivity contribution in [3.63, 3.8) is 0 Å². The number of hydrogen-bond donors (Lipinski definition) is 1. The summed E-state index contributed by atoms with van der Waals surface area (Å²) in [6.45, 7) is 9.55. The largest absolute Gasteiger partial charge is 0.487 e. The van der Waals surface area contributed by atoms with Crippen LogP contribution in [0.15, 0.2) is 24.5 Å². The highest BCUT2D eigenvalue weighted by molar-refractivity contribution is 5.42. The van der Waals surface area contributed by atoms with Gasteiger partial charge in [0.15, 0.2) is 0 Å². The van der Waals surface area contributed by atoms with Crippen LogP contribution in [0.25, 0.3) is 0 Å². The summed E-state index contributed by atoms with van der Waals surface area (Å²) >= 11 is 0. The molecule has 0 spiro atoms. The molecule has 0 aliphatic heterocycles.